The number of carbonyl (C=O) groups is 1. The van der Waals surface area contributed by atoms with Crippen LogP contribution >= 0.6 is 0 Å². The molecule has 3 rings (SSSR count). The minimum Gasteiger partial charge on any atom is -0.465 e. The van der Waals surface area contributed by atoms with Gasteiger partial charge in [0, 0.05) is 19.6 Å². The quantitative estimate of drug-likeness (QED) is 0.808. The molecule has 5 heteroatoms. The Kier molecular flexibility index (Phi) is 5.23. The van der Waals surface area contributed by atoms with E-state index in [4.69, 9.17) is 9.47 Å². The van der Waals surface area contributed by atoms with Crippen LogP contribution in [0.2, 0.25) is 0 Å². The molecule has 0 radical (unpaired) electrons. The number of morpholine rings is 1. The van der Waals surface area contributed by atoms with Gasteiger partial charge >= 0.3 is 5.97 Å². The third kappa shape index (κ3) is 3.99. The summed E-state index contributed by atoms with van der Waals surface area (Å²) in [4.78, 5) is 13.8. The molecule has 1 fully saturated rings. The van der Waals surface area contributed by atoms with Gasteiger partial charge in [0.05, 0.1) is 25.4 Å². The van der Waals surface area contributed by atoms with E-state index in [2.05, 4.69) is 4.90 Å². The molecule has 0 aliphatic carbocycles. The van der Waals surface area contributed by atoms with Crippen LogP contribution < -0.4 is 0 Å². The zero-order chi connectivity index (χ0) is 16.9. The molecule has 2 aromatic carbocycles. The van der Waals surface area contributed by atoms with E-state index < -0.39 is 0 Å². The average Bonchev–Trinajstić information content (AvgIpc) is 2.62. The number of hydrogen-bond acceptors (Lipinski definition) is 4. The maximum absolute atomic E-state index is 13.0. The first-order chi connectivity index (χ1) is 11.7. The first-order valence-electron chi connectivity index (χ1n) is 7.92. The van der Waals surface area contributed by atoms with E-state index in [9.17, 15) is 9.18 Å². The van der Waals surface area contributed by atoms with Crippen LogP contribution in [0.4, 0.5) is 4.39 Å². The lowest BCUT2D eigenvalue weighted by Gasteiger charge is -2.33. The van der Waals surface area contributed by atoms with Crippen molar-refractivity contribution in [3.63, 3.8) is 0 Å². The number of carbonyl (C=O) groups excluding carboxylic acids is 1. The molecule has 0 spiro atoms. The van der Waals surface area contributed by atoms with Gasteiger partial charge < -0.3 is 9.47 Å². The molecule has 126 valence electrons. The Morgan fingerprint density at radius 1 is 1.21 bits per heavy atom. The fourth-order valence-corrected chi connectivity index (χ4v) is 2.85. The summed E-state index contributed by atoms with van der Waals surface area (Å²) in [6, 6.07) is 13.9. The molecule has 0 N–H and O–H groups in total. The standard InChI is InChI=1S/C19H20FNO3/c1-23-19(22)16-4-2-14(3-5-16)12-21-10-11-24-18(13-21)15-6-8-17(20)9-7-15/h2-9,18H,10-13H2,1H3. The fraction of sp³-hybridized carbons (Fsp3) is 0.316. The second-order valence-corrected chi connectivity index (χ2v) is 5.83. The van der Waals surface area contributed by atoms with Gasteiger partial charge in [-0.3, -0.25) is 4.90 Å². The normalized spacial score (nSPS) is 18.3. The molecule has 0 saturated carbocycles. The number of ether oxygens (including phenoxy) is 2. The Morgan fingerprint density at radius 2 is 1.92 bits per heavy atom. The Bertz CT molecular complexity index is 685. The number of benzene rings is 2. The van der Waals surface area contributed by atoms with Gasteiger partial charge in [0.1, 0.15) is 5.82 Å². The average molecular weight is 329 g/mol. The van der Waals surface area contributed by atoms with Gasteiger partial charge in [-0.2, -0.15) is 0 Å². The van der Waals surface area contributed by atoms with Crippen LogP contribution in [0, 0.1) is 5.82 Å². The van der Waals surface area contributed by atoms with Crippen molar-refractivity contribution in [2.24, 2.45) is 0 Å². The highest BCUT2D eigenvalue weighted by molar-refractivity contribution is 5.89. The van der Waals surface area contributed by atoms with Gasteiger partial charge in [0.15, 0.2) is 0 Å². The SMILES string of the molecule is COC(=O)c1ccc(CN2CCOC(c3ccc(F)cc3)C2)cc1. The third-order valence-corrected chi connectivity index (χ3v) is 4.17. The van der Waals surface area contributed by atoms with Gasteiger partial charge in [-0.15, -0.1) is 0 Å². The summed E-state index contributed by atoms with van der Waals surface area (Å²) < 4.78 is 23.6. The lowest BCUT2D eigenvalue weighted by atomic mass is 10.1. The maximum atomic E-state index is 13.0. The molecule has 4 nitrogen and oxygen atoms in total. The van der Waals surface area contributed by atoms with E-state index >= 15 is 0 Å². The van der Waals surface area contributed by atoms with Gasteiger partial charge in [0.2, 0.25) is 0 Å². The predicted octanol–water partition coefficient (Wildman–Crippen LogP) is 3.19. The lowest BCUT2D eigenvalue weighted by Crippen LogP contribution is -2.37. The van der Waals surface area contributed by atoms with Crippen LogP contribution in [-0.2, 0) is 16.0 Å². The highest BCUT2D eigenvalue weighted by atomic mass is 19.1. The molecule has 1 aliphatic rings. The van der Waals surface area contributed by atoms with Crippen LogP contribution in [0.3, 0.4) is 0 Å². The molecule has 1 atom stereocenters. The summed E-state index contributed by atoms with van der Waals surface area (Å²) >= 11 is 0. The number of esters is 1. The van der Waals surface area contributed by atoms with Crippen molar-refractivity contribution < 1.29 is 18.7 Å². The Labute approximate surface area is 140 Å². The van der Waals surface area contributed by atoms with E-state index in [1.54, 1.807) is 24.3 Å². The monoisotopic (exact) mass is 329 g/mol. The van der Waals surface area contributed by atoms with Gasteiger partial charge in [-0.05, 0) is 35.4 Å². The summed E-state index contributed by atoms with van der Waals surface area (Å²) in [6.07, 6.45) is -0.0475. The second-order valence-electron chi connectivity index (χ2n) is 5.83. The summed E-state index contributed by atoms with van der Waals surface area (Å²) in [5.74, 6) is -0.568. The second kappa shape index (κ2) is 7.55. The summed E-state index contributed by atoms with van der Waals surface area (Å²) in [6.45, 7) is 3.02. The molecule has 1 aliphatic heterocycles. The molecular formula is C19H20FNO3. The smallest absolute Gasteiger partial charge is 0.337 e. The van der Waals surface area contributed by atoms with E-state index in [1.165, 1.54) is 19.2 Å². The van der Waals surface area contributed by atoms with Crippen molar-refractivity contribution in [3.05, 3.63) is 71.0 Å². The van der Waals surface area contributed by atoms with Crippen molar-refractivity contribution in [1.29, 1.82) is 0 Å². The molecule has 0 amide bonds. The van der Waals surface area contributed by atoms with Crippen LogP contribution in [-0.4, -0.2) is 37.7 Å². The van der Waals surface area contributed by atoms with Crippen molar-refractivity contribution in [3.8, 4) is 0 Å². The summed E-state index contributed by atoms with van der Waals surface area (Å²) in [5.41, 5.74) is 2.66. The van der Waals surface area contributed by atoms with Crippen molar-refractivity contribution >= 4 is 5.97 Å². The maximum Gasteiger partial charge on any atom is 0.337 e. The van der Waals surface area contributed by atoms with Gasteiger partial charge in [0.25, 0.3) is 0 Å². The van der Waals surface area contributed by atoms with Crippen LogP contribution in [0.1, 0.15) is 27.6 Å². The molecule has 1 heterocycles. The zero-order valence-electron chi connectivity index (χ0n) is 13.6. The third-order valence-electron chi connectivity index (χ3n) is 4.17. The molecule has 1 saturated heterocycles. The Balaban J connectivity index is 1.63. The number of halogens is 1. The molecular weight excluding hydrogens is 309 g/mol. The van der Waals surface area contributed by atoms with Crippen LogP contribution in [0.5, 0.6) is 0 Å². The van der Waals surface area contributed by atoms with Crippen LogP contribution in [0.25, 0.3) is 0 Å². The van der Waals surface area contributed by atoms with Gasteiger partial charge in [-0.1, -0.05) is 24.3 Å². The molecule has 24 heavy (non-hydrogen) atoms. The molecule has 1 unspecified atom stereocenters. The van der Waals surface area contributed by atoms with E-state index in [0.29, 0.717) is 12.2 Å². The Hall–Kier alpha value is -2.24. The van der Waals surface area contributed by atoms with Crippen molar-refractivity contribution in [2.75, 3.05) is 26.8 Å². The summed E-state index contributed by atoms with van der Waals surface area (Å²) in [7, 11) is 1.37. The number of nitrogens with zero attached hydrogens (tertiary/aromatic N) is 1. The topological polar surface area (TPSA) is 38.8 Å². The number of methoxy groups -OCH3 is 1. The largest absolute Gasteiger partial charge is 0.465 e. The number of hydrogen-bond donors (Lipinski definition) is 0. The molecule has 2 aromatic rings. The van der Waals surface area contributed by atoms with Crippen LogP contribution in [0.15, 0.2) is 48.5 Å². The highest BCUT2D eigenvalue weighted by Crippen LogP contribution is 2.23. The van der Waals surface area contributed by atoms with Crippen molar-refractivity contribution in [2.45, 2.75) is 12.6 Å². The first-order valence-corrected chi connectivity index (χ1v) is 7.92. The van der Waals surface area contributed by atoms with Gasteiger partial charge in [-0.25, -0.2) is 9.18 Å². The number of rotatable bonds is 4. The zero-order valence-corrected chi connectivity index (χ0v) is 13.6. The lowest BCUT2D eigenvalue weighted by molar-refractivity contribution is -0.0329. The van der Waals surface area contributed by atoms with E-state index in [0.717, 1.165) is 30.8 Å². The minimum atomic E-state index is -0.329. The van der Waals surface area contributed by atoms with Crippen molar-refractivity contribution in [1.82, 2.24) is 4.90 Å². The molecule has 0 bridgehead atoms. The fourth-order valence-electron chi connectivity index (χ4n) is 2.85. The van der Waals surface area contributed by atoms with E-state index in [1.807, 2.05) is 12.1 Å². The van der Waals surface area contributed by atoms with E-state index in [-0.39, 0.29) is 17.9 Å². The summed E-state index contributed by atoms with van der Waals surface area (Å²) in [5, 5.41) is 0. The minimum absolute atomic E-state index is 0.0475. The Morgan fingerprint density at radius 3 is 2.58 bits per heavy atom. The predicted molar refractivity (Wildman–Crippen MR) is 88.2 cm³/mol. The highest BCUT2D eigenvalue weighted by Gasteiger charge is 2.22. The molecule has 0 aromatic heterocycles. The first kappa shape index (κ1) is 16.6.